The smallest absolute Gasteiger partial charge is 0.282 e. The largest absolute Gasteiger partial charge is 0.366 e. The molecule has 4 rings (SSSR count). The van der Waals surface area contributed by atoms with Crippen LogP contribution in [0.1, 0.15) is 29.5 Å². The molecule has 2 aliphatic rings. The zero-order valence-electron chi connectivity index (χ0n) is 18.2. The molecule has 0 spiro atoms. The molecule has 0 N–H and O–H groups in total. The number of imide groups is 1. The van der Waals surface area contributed by atoms with Gasteiger partial charge in [0.1, 0.15) is 5.70 Å². The molecule has 5 heteroatoms. The third-order valence-corrected chi connectivity index (χ3v) is 6.18. The number of hydrogen-bond donors (Lipinski definition) is 0. The van der Waals surface area contributed by atoms with Crippen molar-refractivity contribution in [1.82, 2.24) is 9.80 Å². The first kappa shape index (κ1) is 20.4. The lowest BCUT2D eigenvalue weighted by atomic mass is 10.0. The maximum absolute atomic E-state index is 13.7. The molecule has 0 radical (unpaired) electrons. The summed E-state index contributed by atoms with van der Waals surface area (Å²) in [5.41, 5.74) is 4.51. The fraction of sp³-hybridized carbons (Fsp3) is 0.360. The van der Waals surface area contributed by atoms with Crippen LogP contribution in [0, 0.1) is 13.8 Å². The van der Waals surface area contributed by atoms with Gasteiger partial charge in [0.05, 0.1) is 11.3 Å². The van der Waals surface area contributed by atoms with Gasteiger partial charge in [-0.25, -0.2) is 4.90 Å². The highest BCUT2D eigenvalue weighted by Crippen LogP contribution is 2.36. The third kappa shape index (κ3) is 3.65. The van der Waals surface area contributed by atoms with E-state index in [4.69, 9.17) is 0 Å². The number of hydrogen-bond acceptors (Lipinski definition) is 4. The van der Waals surface area contributed by atoms with E-state index in [9.17, 15) is 9.59 Å². The molecule has 1 saturated heterocycles. The highest BCUT2D eigenvalue weighted by Gasteiger charge is 2.43. The van der Waals surface area contributed by atoms with Crippen molar-refractivity contribution < 1.29 is 9.59 Å². The van der Waals surface area contributed by atoms with E-state index in [0.29, 0.717) is 17.0 Å². The molecular formula is C25H29N3O2. The van der Waals surface area contributed by atoms with Gasteiger partial charge in [-0.15, -0.1) is 0 Å². The van der Waals surface area contributed by atoms with Crippen molar-refractivity contribution in [1.29, 1.82) is 0 Å². The van der Waals surface area contributed by atoms with Crippen LogP contribution in [0.2, 0.25) is 0 Å². The van der Waals surface area contributed by atoms with Gasteiger partial charge in [0.25, 0.3) is 11.8 Å². The van der Waals surface area contributed by atoms with Gasteiger partial charge in [0.15, 0.2) is 0 Å². The molecule has 2 aromatic carbocycles. The lowest BCUT2D eigenvalue weighted by Gasteiger charge is -2.36. The van der Waals surface area contributed by atoms with Crippen molar-refractivity contribution >= 4 is 23.1 Å². The number of carbonyl (C=O) groups excluding carboxylic acids is 2. The van der Waals surface area contributed by atoms with E-state index < -0.39 is 0 Å². The number of aryl methyl sites for hydroxylation is 2. The topological polar surface area (TPSA) is 43.9 Å². The van der Waals surface area contributed by atoms with E-state index in [1.54, 1.807) is 0 Å². The summed E-state index contributed by atoms with van der Waals surface area (Å²) in [6.07, 6.45) is 1.95. The monoisotopic (exact) mass is 403 g/mol. The number of likely N-dealkylation sites (N-methyl/N-ethyl adjacent to an activating group) is 1. The van der Waals surface area contributed by atoms with Crippen LogP contribution in [0.5, 0.6) is 0 Å². The van der Waals surface area contributed by atoms with E-state index in [1.807, 2.05) is 69.4 Å². The number of amides is 2. The Kier molecular flexibility index (Phi) is 5.48. The van der Waals surface area contributed by atoms with E-state index in [-0.39, 0.29) is 17.9 Å². The van der Waals surface area contributed by atoms with E-state index in [0.717, 1.165) is 42.6 Å². The van der Waals surface area contributed by atoms with Crippen LogP contribution in [0.4, 0.5) is 5.69 Å². The molecule has 0 saturated carbocycles. The minimum Gasteiger partial charge on any atom is -0.366 e. The van der Waals surface area contributed by atoms with Gasteiger partial charge in [-0.05, 0) is 75.6 Å². The second kappa shape index (κ2) is 8.07. The van der Waals surface area contributed by atoms with Crippen molar-refractivity contribution in [3.05, 3.63) is 70.9 Å². The van der Waals surface area contributed by atoms with Gasteiger partial charge in [0, 0.05) is 13.1 Å². The zero-order chi connectivity index (χ0) is 21.4. The second-order valence-corrected chi connectivity index (χ2v) is 8.53. The normalized spacial score (nSPS) is 18.5. The molecule has 2 aromatic rings. The molecule has 0 unspecified atom stereocenters. The van der Waals surface area contributed by atoms with Crippen LogP contribution < -0.4 is 4.90 Å². The Balaban J connectivity index is 1.79. The average molecular weight is 404 g/mol. The molecule has 0 atom stereocenters. The molecule has 30 heavy (non-hydrogen) atoms. The summed E-state index contributed by atoms with van der Waals surface area (Å²) in [6, 6.07) is 15.7. The Bertz CT molecular complexity index is 984. The third-order valence-electron chi connectivity index (χ3n) is 6.18. The SMILES string of the molecule is Cc1cc(C)cc(N2C(=O)C(c3ccccc3)=C(N(C)C3CCN(C)CC3)C2=O)c1. The highest BCUT2D eigenvalue weighted by atomic mass is 16.2. The summed E-state index contributed by atoms with van der Waals surface area (Å²) in [4.78, 5) is 33.0. The maximum atomic E-state index is 13.7. The van der Waals surface area contributed by atoms with Gasteiger partial charge >= 0.3 is 0 Å². The molecule has 0 aromatic heterocycles. The Morgan fingerprint density at radius 2 is 1.50 bits per heavy atom. The minimum absolute atomic E-state index is 0.231. The fourth-order valence-corrected chi connectivity index (χ4v) is 4.59. The molecule has 2 amide bonds. The second-order valence-electron chi connectivity index (χ2n) is 8.53. The zero-order valence-corrected chi connectivity index (χ0v) is 18.2. The van der Waals surface area contributed by atoms with Crippen LogP contribution in [-0.4, -0.2) is 54.8 Å². The molecule has 0 bridgehead atoms. The number of likely N-dealkylation sites (tertiary alicyclic amines) is 1. The predicted octanol–water partition coefficient (Wildman–Crippen LogP) is 3.61. The van der Waals surface area contributed by atoms with Crippen LogP contribution in [0.25, 0.3) is 5.57 Å². The van der Waals surface area contributed by atoms with Gasteiger partial charge < -0.3 is 9.80 Å². The summed E-state index contributed by atoms with van der Waals surface area (Å²) in [5.74, 6) is -0.476. The summed E-state index contributed by atoms with van der Waals surface area (Å²) in [6.45, 7) is 5.95. The van der Waals surface area contributed by atoms with Crippen LogP contribution in [0.15, 0.2) is 54.2 Å². The summed E-state index contributed by atoms with van der Waals surface area (Å²) >= 11 is 0. The van der Waals surface area contributed by atoms with Gasteiger partial charge in [-0.1, -0.05) is 36.4 Å². The predicted molar refractivity (Wildman–Crippen MR) is 120 cm³/mol. The van der Waals surface area contributed by atoms with Crippen molar-refractivity contribution in [3.8, 4) is 0 Å². The first-order chi connectivity index (χ1) is 14.4. The number of benzene rings is 2. The summed E-state index contributed by atoms with van der Waals surface area (Å²) < 4.78 is 0. The van der Waals surface area contributed by atoms with Crippen LogP contribution in [-0.2, 0) is 9.59 Å². The van der Waals surface area contributed by atoms with E-state index in [1.165, 1.54) is 4.90 Å². The van der Waals surface area contributed by atoms with Gasteiger partial charge in [-0.2, -0.15) is 0 Å². The summed E-state index contributed by atoms with van der Waals surface area (Å²) in [7, 11) is 4.08. The standard InChI is InChI=1S/C25H29N3O2/c1-17-14-18(2)16-21(15-17)28-24(29)22(19-8-6-5-7-9-19)23(25(28)30)27(4)20-10-12-26(3)13-11-20/h5-9,14-16,20H,10-13H2,1-4H3. The Labute approximate surface area is 178 Å². The lowest BCUT2D eigenvalue weighted by Crippen LogP contribution is -2.43. The molecule has 2 heterocycles. The molecule has 1 fully saturated rings. The quantitative estimate of drug-likeness (QED) is 0.732. The van der Waals surface area contributed by atoms with E-state index >= 15 is 0 Å². The van der Waals surface area contributed by atoms with Gasteiger partial charge in [-0.3, -0.25) is 9.59 Å². The summed E-state index contributed by atoms with van der Waals surface area (Å²) in [5, 5.41) is 0. The lowest BCUT2D eigenvalue weighted by molar-refractivity contribution is -0.120. The highest BCUT2D eigenvalue weighted by molar-refractivity contribution is 6.45. The van der Waals surface area contributed by atoms with Crippen molar-refractivity contribution in [2.75, 3.05) is 32.1 Å². The molecule has 2 aliphatic heterocycles. The molecule has 0 aliphatic carbocycles. The maximum Gasteiger partial charge on any atom is 0.282 e. The Hall–Kier alpha value is -2.92. The molecule has 156 valence electrons. The van der Waals surface area contributed by atoms with Crippen LogP contribution >= 0.6 is 0 Å². The van der Waals surface area contributed by atoms with Crippen LogP contribution in [0.3, 0.4) is 0 Å². The molecular weight excluding hydrogens is 374 g/mol. The minimum atomic E-state index is -0.244. The first-order valence-corrected chi connectivity index (χ1v) is 10.5. The number of carbonyl (C=O) groups is 2. The number of anilines is 1. The van der Waals surface area contributed by atoms with Crippen molar-refractivity contribution in [2.24, 2.45) is 0 Å². The van der Waals surface area contributed by atoms with Gasteiger partial charge in [0.2, 0.25) is 0 Å². The Morgan fingerprint density at radius 3 is 2.10 bits per heavy atom. The number of rotatable bonds is 4. The average Bonchev–Trinajstić information content (AvgIpc) is 2.98. The Morgan fingerprint density at radius 1 is 0.900 bits per heavy atom. The number of nitrogens with zero attached hydrogens (tertiary/aromatic N) is 3. The van der Waals surface area contributed by atoms with Crippen molar-refractivity contribution in [2.45, 2.75) is 32.7 Å². The molecule has 5 nitrogen and oxygen atoms in total. The number of piperidine rings is 1. The van der Waals surface area contributed by atoms with E-state index in [2.05, 4.69) is 16.8 Å². The van der Waals surface area contributed by atoms with Crippen molar-refractivity contribution in [3.63, 3.8) is 0 Å². The fourth-order valence-electron chi connectivity index (χ4n) is 4.59. The first-order valence-electron chi connectivity index (χ1n) is 10.5.